The quantitative estimate of drug-likeness (QED) is 0.146. The van der Waals surface area contributed by atoms with Gasteiger partial charge >= 0.3 is 5.97 Å². The largest absolute Gasteiger partial charge is 0.423 e. The number of unbranched alkanes of at least 4 members (excludes halogenated alkanes) is 4. The topological polar surface area (TPSA) is 35.5 Å². The summed E-state index contributed by atoms with van der Waals surface area (Å²) < 4.78 is 11.5. The van der Waals surface area contributed by atoms with E-state index in [2.05, 4.69) is 38.1 Å². The van der Waals surface area contributed by atoms with Gasteiger partial charge in [-0.15, -0.1) is 0 Å². The number of aryl methyl sites for hydroxylation is 1. The van der Waals surface area contributed by atoms with Gasteiger partial charge in [0.25, 0.3) is 0 Å². The third-order valence-electron chi connectivity index (χ3n) is 6.15. The maximum atomic E-state index is 12.6. The van der Waals surface area contributed by atoms with E-state index in [1.807, 2.05) is 43.3 Å². The third kappa shape index (κ3) is 7.85. The molecule has 0 aliphatic rings. The minimum atomic E-state index is -0.354. The van der Waals surface area contributed by atoms with Gasteiger partial charge in [-0.2, -0.15) is 0 Å². The highest BCUT2D eigenvalue weighted by Gasteiger charge is 2.11. The van der Waals surface area contributed by atoms with Gasteiger partial charge in [-0.05, 0) is 72.7 Å². The van der Waals surface area contributed by atoms with Gasteiger partial charge in [0.2, 0.25) is 0 Å². The van der Waals surface area contributed by atoms with E-state index in [1.54, 1.807) is 12.1 Å². The van der Waals surface area contributed by atoms with Crippen molar-refractivity contribution in [3.05, 3.63) is 89.5 Å². The average molecular weight is 459 g/mol. The number of hydrogen-bond acceptors (Lipinski definition) is 3. The summed E-state index contributed by atoms with van der Waals surface area (Å²) in [6.45, 7) is 7.22. The summed E-state index contributed by atoms with van der Waals surface area (Å²) in [5, 5.41) is 0. The van der Waals surface area contributed by atoms with Crippen LogP contribution in [0.15, 0.2) is 72.8 Å². The zero-order valence-electron chi connectivity index (χ0n) is 20.9. The number of hydrogen-bond donors (Lipinski definition) is 0. The lowest BCUT2D eigenvalue weighted by Gasteiger charge is -2.14. The summed E-state index contributed by atoms with van der Waals surface area (Å²) in [5.74, 6) is 0.189. The van der Waals surface area contributed by atoms with Crippen LogP contribution >= 0.6 is 0 Å². The second-order valence-electron chi connectivity index (χ2n) is 8.91. The number of ether oxygens (including phenoxy) is 2. The van der Waals surface area contributed by atoms with Gasteiger partial charge in [0.1, 0.15) is 5.75 Å². The molecule has 0 saturated heterocycles. The van der Waals surface area contributed by atoms with E-state index in [0.29, 0.717) is 11.3 Å². The lowest BCUT2D eigenvalue weighted by atomic mass is 10.0. The molecule has 3 heteroatoms. The van der Waals surface area contributed by atoms with Crippen molar-refractivity contribution in [3.8, 4) is 16.9 Å². The number of carbonyl (C=O) groups is 1. The molecule has 0 aromatic heterocycles. The second-order valence-corrected chi connectivity index (χ2v) is 8.91. The molecular formula is C31H38O3. The Labute approximate surface area is 205 Å². The lowest BCUT2D eigenvalue weighted by molar-refractivity contribution is 0.0628. The first-order valence-electron chi connectivity index (χ1n) is 12.7. The lowest BCUT2D eigenvalue weighted by Crippen LogP contribution is -2.09. The molecule has 1 atom stereocenters. The Hall–Kier alpha value is -2.91. The molecule has 180 valence electrons. The minimum Gasteiger partial charge on any atom is -0.423 e. The van der Waals surface area contributed by atoms with Gasteiger partial charge < -0.3 is 9.47 Å². The van der Waals surface area contributed by atoms with E-state index in [-0.39, 0.29) is 12.1 Å². The van der Waals surface area contributed by atoms with Crippen molar-refractivity contribution in [1.29, 1.82) is 0 Å². The van der Waals surface area contributed by atoms with Crippen molar-refractivity contribution in [3.63, 3.8) is 0 Å². The van der Waals surface area contributed by atoms with Crippen LogP contribution in [-0.4, -0.2) is 12.6 Å². The molecule has 0 N–H and O–H groups in total. The zero-order valence-corrected chi connectivity index (χ0v) is 20.9. The molecule has 0 fully saturated rings. The Bertz CT molecular complexity index is 988. The van der Waals surface area contributed by atoms with E-state index in [0.717, 1.165) is 30.6 Å². The van der Waals surface area contributed by atoms with Crippen LogP contribution < -0.4 is 4.74 Å². The van der Waals surface area contributed by atoms with E-state index >= 15 is 0 Å². The maximum Gasteiger partial charge on any atom is 0.343 e. The fraction of sp³-hybridized carbons (Fsp3) is 0.387. The standard InChI is InChI=1S/C31H38O3/c1-4-6-8-10-25-11-13-27(14-12-25)28-19-21-30(22-20-28)34-31(32)29-17-15-26(16-18-29)24(3)33-23-9-7-5-2/h11-22,24H,4-10,23H2,1-3H3. The summed E-state index contributed by atoms with van der Waals surface area (Å²) in [6.07, 6.45) is 8.35. The first kappa shape index (κ1) is 25.7. The van der Waals surface area contributed by atoms with Crippen molar-refractivity contribution in [2.45, 2.75) is 71.8 Å². The normalized spacial score (nSPS) is 11.9. The minimum absolute atomic E-state index is 0.0138. The fourth-order valence-electron chi connectivity index (χ4n) is 3.92. The highest BCUT2D eigenvalue weighted by atomic mass is 16.5. The monoisotopic (exact) mass is 458 g/mol. The maximum absolute atomic E-state index is 12.6. The first-order chi connectivity index (χ1) is 16.6. The van der Waals surface area contributed by atoms with Crippen molar-refractivity contribution in [2.24, 2.45) is 0 Å². The summed E-state index contributed by atoms with van der Waals surface area (Å²) in [4.78, 5) is 12.6. The summed E-state index contributed by atoms with van der Waals surface area (Å²) >= 11 is 0. The number of benzene rings is 3. The Morgan fingerprint density at radius 3 is 1.94 bits per heavy atom. The average Bonchev–Trinajstić information content (AvgIpc) is 2.88. The van der Waals surface area contributed by atoms with Crippen LogP contribution in [0.3, 0.4) is 0 Å². The van der Waals surface area contributed by atoms with Gasteiger partial charge in [-0.25, -0.2) is 4.79 Å². The molecular weight excluding hydrogens is 420 g/mol. The molecule has 0 spiro atoms. The molecule has 0 saturated carbocycles. The molecule has 1 unspecified atom stereocenters. The van der Waals surface area contributed by atoms with Gasteiger partial charge in [0.05, 0.1) is 11.7 Å². The van der Waals surface area contributed by atoms with Gasteiger partial charge in [0.15, 0.2) is 0 Å². The van der Waals surface area contributed by atoms with Crippen molar-refractivity contribution in [2.75, 3.05) is 6.61 Å². The second kappa shape index (κ2) is 13.7. The predicted octanol–water partition coefficient (Wildman–Crippen LogP) is 8.57. The smallest absolute Gasteiger partial charge is 0.343 e. The summed E-state index contributed by atoms with van der Waals surface area (Å²) in [5.41, 5.74) is 5.25. The Kier molecular flexibility index (Phi) is 10.4. The van der Waals surface area contributed by atoms with E-state index < -0.39 is 0 Å². The van der Waals surface area contributed by atoms with Crippen LogP contribution in [-0.2, 0) is 11.2 Å². The molecule has 0 heterocycles. The van der Waals surface area contributed by atoms with Crippen LogP contribution in [0.4, 0.5) is 0 Å². The van der Waals surface area contributed by atoms with E-state index in [1.165, 1.54) is 43.2 Å². The SMILES string of the molecule is CCCCCOC(C)c1ccc(C(=O)Oc2ccc(-c3ccc(CCCCC)cc3)cc2)cc1. The fourth-order valence-corrected chi connectivity index (χ4v) is 3.92. The van der Waals surface area contributed by atoms with Crippen molar-refractivity contribution in [1.82, 2.24) is 0 Å². The Morgan fingerprint density at radius 1 is 0.735 bits per heavy atom. The zero-order chi connectivity index (χ0) is 24.2. The third-order valence-corrected chi connectivity index (χ3v) is 6.15. The highest BCUT2D eigenvalue weighted by molar-refractivity contribution is 5.91. The number of rotatable bonds is 13. The Morgan fingerprint density at radius 2 is 1.32 bits per heavy atom. The van der Waals surface area contributed by atoms with Crippen LogP contribution in [0.25, 0.3) is 11.1 Å². The highest BCUT2D eigenvalue weighted by Crippen LogP contribution is 2.24. The summed E-state index contributed by atoms with van der Waals surface area (Å²) in [6, 6.07) is 23.9. The molecule has 3 nitrogen and oxygen atoms in total. The molecule has 0 radical (unpaired) electrons. The van der Waals surface area contributed by atoms with E-state index in [9.17, 15) is 4.79 Å². The predicted molar refractivity (Wildman–Crippen MR) is 140 cm³/mol. The molecule has 0 bridgehead atoms. The molecule has 3 rings (SSSR count). The molecule has 3 aromatic rings. The van der Waals surface area contributed by atoms with E-state index in [4.69, 9.17) is 9.47 Å². The van der Waals surface area contributed by atoms with Crippen LogP contribution in [0.1, 0.15) is 86.9 Å². The van der Waals surface area contributed by atoms with Gasteiger partial charge in [0, 0.05) is 6.61 Å². The van der Waals surface area contributed by atoms with Gasteiger partial charge in [-0.1, -0.05) is 88.1 Å². The summed E-state index contributed by atoms with van der Waals surface area (Å²) in [7, 11) is 0. The molecule has 0 amide bonds. The Balaban J connectivity index is 1.53. The van der Waals surface area contributed by atoms with Crippen LogP contribution in [0.5, 0.6) is 5.75 Å². The first-order valence-corrected chi connectivity index (χ1v) is 12.7. The van der Waals surface area contributed by atoms with Crippen molar-refractivity contribution >= 4 is 5.97 Å². The van der Waals surface area contributed by atoms with Crippen molar-refractivity contribution < 1.29 is 14.3 Å². The number of esters is 1. The number of carbonyl (C=O) groups excluding carboxylic acids is 1. The van der Waals surface area contributed by atoms with Crippen LogP contribution in [0, 0.1) is 0 Å². The molecule has 34 heavy (non-hydrogen) atoms. The molecule has 0 aliphatic heterocycles. The molecule has 3 aromatic carbocycles. The molecule has 0 aliphatic carbocycles. The van der Waals surface area contributed by atoms with Crippen LogP contribution in [0.2, 0.25) is 0 Å². The van der Waals surface area contributed by atoms with Gasteiger partial charge in [-0.3, -0.25) is 0 Å².